The third kappa shape index (κ3) is 4.20. The molecule has 1 atom stereocenters. The van der Waals surface area contributed by atoms with Crippen LogP contribution in [0.25, 0.3) is 0 Å². The second-order valence-electron chi connectivity index (χ2n) is 4.64. The SMILES string of the molecule is CCOC(=O)C=CC1CCCN(c2ccnc(Cl)n2)C1. The molecule has 1 fully saturated rings. The van der Waals surface area contributed by atoms with E-state index in [1.54, 1.807) is 13.1 Å². The van der Waals surface area contributed by atoms with Gasteiger partial charge in [-0.1, -0.05) is 6.08 Å². The van der Waals surface area contributed by atoms with Crippen molar-refractivity contribution in [1.82, 2.24) is 9.97 Å². The van der Waals surface area contributed by atoms with Crippen molar-refractivity contribution in [2.45, 2.75) is 19.8 Å². The van der Waals surface area contributed by atoms with Crippen molar-refractivity contribution in [2.75, 3.05) is 24.6 Å². The highest BCUT2D eigenvalue weighted by molar-refractivity contribution is 6.28. The minimum atomic E-state index is -0.283. The van der Waals surface area contributed by atoms with Crippen molar-refractivity contribution in [1.29, 1.82) is 0 Å². The molecule has 0 spiro atoms. The average Bonchev–Trinajstić information content (AvgIpc) is 2.46. The summed E-state index contributed by atoms with van der Waals surface area (Å²) in [6.45, 7) is 3.96. The Bertz CT molecular complexity index is 493. The van der Waals surface area contributed by atoms with Gasteiger partial charge in [-0.25, -0.2) is 14.8 Å². The minimum Gasteiger partial charge on any atom is -0.463 e. The summed E-state index contributed by atoms with van der Waals surface area (Å²) < 4.78 is 4.88. The molecule has 0 amide bonds. The van der Waals surface area contributed by atoms with Crippen LogP contribution in [0.1, 0.15) is 19.8 Å². The summed E-state index contributed by atoms with van der Waals surface area (Å²) in [6.07, 6.45) is 7.21. The summed E-state index contributed by atoms with van der Waals surface area (Å²) in [5.41, 5.74) is 0. The van der Waals surface area contributed by atoms with Crippen LogP contribution in [0.2, 0.25) is 5.28 Å². The first kappa shape index (κ1) is 14.8. The van der Waals surface area contributed by atoms with Crippen molar-refractivity contribution in [2.24, 2.45) is 5.92 Å². The zero-order chi connectivity index (χ0) is 14.4. The summed E-state index contributed by atoms with van der Waals surface area (Å²) in [5.74, 6) is 0.871. The number of esters is 1. The zero-order valence-electron chi connectivity index (χ0n) is 11.5. The van der Waals surface area contributed by atoms with Gasteiger partial charge in [0.15, 0.2) is 0 Å². The lowest BCUT2D eigenvalue weighted by Gasteiger charge is -2.32. The van der Waals surface area contributed by atoms with Gasteiger partial charge >= 0.3 is 5.97 Å². The van der Waals surface area contributed by atoms with Gasteiger partial charge in [0.1, 0.15) is 5.82 Å². The standard InChI is InChI=1S/C14H18ClN3O2/c1-2-20-13(19)6-5-11-4-3-9-18(10-11)12-7-8-16-14(15)17-12/h5-8,11H,2-4,9-10H2,1H3. The normalized spacial score (nSPS) is 19.3. The maximum absolute atomic E-state index is 11.3. The van der Waals surface area contributed by atoms with E-state index >= 15 is 0 Å². The Morgan fingerprint density at radius 1 is 1.65 bits per heavy atom. The quantitative estimate of drug-likeness (QED) is 0.485. The number of nitrogens with zero attached hydrogens (tertiary/aromatic N) is 3. The van der Waals surface area contributed by atoms with E-state index < -0.39 is 0 Å². The second kappa shape index (κ2) is 7.24. The lowest BCUT2D eigenvalue weighted by Crippen LogP contribution is -2.35. The summed E-state index contributed by atoms with van der Waals surface area (Å²) >= 11 is 5.81. The Morgan fingerprint density at radius 3 is 3.25 bits per heavy atom. The molecule has 108 valence electrons. The van der Waals surface area contributed by atoms with E-state index in [2.05, 4.69) is 14.9 Å². The molecule has 1 unspecified atom stereocenters. The first-order valence-corrected chi connectivity index (χ1v) is 7.15. The number of carbonyl (C=O) groups excluding carboxylic acids is 1. The van der Waals surface area contributed by atoms with Crippen molar-refractivity contribution in [3.05, 3.63) is 29.7 Å². The number of carbonyl (C=O) groups is 1. The Balaban J connectivity index is 1.96. The predicted octanol–water partition coefficient (Wildman–Crippen LogP) is 2.47. The molecule has 20 heavy (non-hydrogen) atoms. The van der Waals surface area contributed by atoms with E-state index in [1.165, 1.54) is 6.08 Å². The topological polar surface area (TPSA) is 55.3 Å². The molecular weight excluding hydrogens is 278 g/mol. The maximum Gasteiger partial charge on any atom is 0.330 e. The molecule has 0 saturated carbocycles. The number of halogens is 1. The molecule has 1 aliphatic rings. The van der Waals surface area contributed by atoms with Crippen molar-refractivity contribution in [3.63, 3.8) is 0 Å². The maximum atomic E-state index is 11.3. The molecular formula is C14H18ClN3O2. The molecule has 1 saturated heterocycles. The number of ether oxygens (including phenoxy) is 1. The highest BCUT2D eigenvalue weighted by atomic mass is 35.5. The Kier molecular flexibility index (Phi) is 5.35. The molecule has 2 heterocycles. The molecule has 1 aromatic rings. The fraction of sp³-hybridized carbons (Fsp3) is 0.500. The van der Waals surface area contributed by atoms with E-state index in [-0.39, 0.29) is 11.3 Å². The van der Waals surface area contributed by atoms with E-state index in [0.29, 0.717) is 12.5 Å². The van der Waals surface area contributed by atoms with Gasteiger partial charge in [0.25, 0.3) is 0 Å². The molecule has 0 bridgehead atoms. The van der Waals surface area contributed by atoms with E-state index in [4.69, 9.17) is 16.3 Å². The molecule has 1 aromatic heterocycles. The van der Waals surface area contributed by atoms with E-state index in [9.17, 15) is 4.79 Å². The fourth-order valence-corrected chi connectivity index (χ4v) is 2.43. The lowest BCUT2D eigenvalue weighted by molar-refractivity contribution is -0.137. The van der Waals surface area contributed by atoms with Gasteiger partial charge < -0.3 is 9.64 Å². The molecule has 0 radical (unpaired) electrons. The fourth-order valence-electron chi connectivity index (χ4n) is 2.28. The lowest BCUT2D eigenvalue weighted by atomic mass is 9.97. The van der Waals surface area contributed by atoms with E-state index in [0.717, 1.165) is 31.7 Å². The van der Waals surface area contributed by atoms with Gasteiger partial charge in [-0.15, -0.1) is 0 Å². The number of rotatable bonds is 4. The molecule has 2 rings (SSSR count). The average molecular weight is 296 g/mol. The van der Waals surface area contributed by atoms with Crippen molar-refractivity contribution < 1.29 is 9.53 Å². The van der Waals surface area contributed by atoms with Crippen LogP contribution < -0.4 is 4.90 Å². The van der Waals surface area contributed by atoms with Crippen molar-refractivity contribution in [3.8, 4) is 0 Å². The molecule has 1 aliphatic heterocycles. The molecule has 5 nitrogen and oxygen atoms in total. The highest BCUT2D eigenvalue weighted by Gasteiger charge is 2.19. The first-order valence-electron chi connectivity index (χ1n) is 6.77. The highest BCUT2D eigenvalue weighted by Crippen LogP contribution is 2.22. The third-order valence-corrected chi connectivity index (χ3v) is 3.37. The third-order valence-electron chi connectivity index (χ3n) is 3.18. The van der Waals surface area contributed by atoms with Gasteiger partial charge in [-0.3, -0.25) is 0 Å². The van der Waals surface area contributed by atoms with E-state index in [1.807, 2.05) is 12.1 Å². The van der Waals surface area contributed by atoms with Gasteiger partial charge in [-0.2, -0.15) is 0 Å². The monoisotopic (exact) mass is 295 g/mol. The summed E-state index contributed by atoms with van der Waals surface area (Å²) in [4.78, 5) is 21.6. The number of hydrogen-bond acceptors (Lipinski definition) is 5. The minimum absolute atomic E-state index is 0.256. The largest absolute Gasteiger partial charge is 0.463 e. The Hall–Kier alpha value is -1.62. The number of anilines is 1. The van der Waals surface area contributed by atoms with Crippen LogP contribution in [-0.2, 0) is 9.53 Å². The Morgan fingerprint density at radius 2 is 2.50 bits per heavy atom. The first-order chi connectivity index (χ1) is 9.69. The van der Waals surface area contributed by atoms with Gasteiger partial charge in [0.05, 0.1) is 6.61 Å². The number of piperidine rings is 1. The predicted molar refractivity (Wildman–Crippen MR) is 77.8 cm³/mol. The molecule has 0 aliphatic carbocycles. The van der Waals surface area contributed by atoms with Crippen LogP contribution in [0.3, 0.4) is 0 Å². The number of aromatic nitrogens is 2. The summed E-state index contributed by atoms with van der Waals surface area (Å²) in [6, 6.07) is 1.85. The summed E-state index contributed by atoms with van der Waals surface area (Å²) in [5, 5.41) is 0.256. The molecule has 0 N–H and O–H groups in total. The van der Waals surface area contributed by atoms with Crippen LogP contribution in [0, 0.1) is 5.92 Å². The van der Waals surface area contributed by atoms with Crippen LogP contribution in [0.15, 0.2) is 24.4 Å². The second-order valence-corrected chi connectivity index (χ2v) is 4.98. The van der Waals surface area contributed by atoms with Gasteiger partial charge in [-0.05, 0) is 43.4 Å². The van der Waals surface area contributed by atoms with Crippen molar-refractivity contribution >= 4 is 23.4 Å². The molecule has 0 aromatic carbocycles. The van der Waals surface area contributed by atoms with Gasteiger partial charge in [0, 0.05) is 25.4 Å². The van der Waals surface area contributed by atoms with Crippen LogP contribution >= 0.6 is 11.6 Å². The molecule has 6 heteroatoms. The van der Waals surface area contributed by atoms with Gasteiger partial charge in [0.2, 0.25) is 5.28 Å². The van der Waals surface area contributed by atoms with Crippen LogP contribution in [0.5, 0.6) is 0 Å². The summed E-state index contributed by atoms with van der Waals surface area (Å²) in [7, 11) is 0. The van der Waals surface area contributed by atoms with Crippen LogP contribution in [0.4, 0.5) is 5.82 Å². The van der Waals surface area contributed by atoms with Crippen LogP contribution in [-0.4, -0.2) is 35.6 Å². The Labute approximate surface area is 123 Å². The smallest absolute Gasteiger partial charge is 0.330 e. The number of hydrogen-bond donors (Lipinski definition) is 0. The zero-order valence-corrected chi connectivity index (χ0v) is 12.2.